The van der Waals surface area contributed by atoms with Gasteiger partial charge in [0, 0.05) is 12.3 Å². The Labute approximate surface area is 146 Å². The van der Waals surface area contributed by atoms with E-state index < -0.39 is 11.5 Å². The largest absolute Gasteiger partial charge is 0.455 e. The van der Waals surface area contributed by atoms with E-state index in [1.54, 1.807) is 36.5 Å². The minimum absolute atomic E-state index is 0.0399. The Bertz CT molecular complexity index is 1120. The highest BCUT2D eigenvalue weighted by Gasteiger charge is 2.18. The van der Waals surface area contributed by atoms with Gasteiger partial charge < -0.3 is 4.74 Å². The van der Waals surface area contributed by atoms with E-state index in [2.05, 4.69) is 25.9 Å². The van der Waals surface area contributed by atoms with Crippen LogP contribution in [0.15, 0.2) is 65.6 Å². The number of tetrazole rings is 1. The fourth-order valence-corrected chi connectivity index (χ4v) is 2.46. The molecule has 0 saturated heterocycles. The van der Waals surface area contributed by atoms with E-state index in [4.69, 9.17) is 4.74 Å². The van der Waals surface area contributed by atoms with Gasteiger partial charge in [-0.3, -0.25) is 19.3 Å². The highest BCUT2D eigenvalue weighted by Crippen LogP contribution is 2.26. The zero-order chi connectivity index (χ0) is 17.9. The number of aromatic amines is 1. The predicted octanol–water partition coefficient (Wildman–Crippen LogP) is 1.86. The third-order valence-corrected chi connectivity index (χ3v) is 3.63. The van der Waals surface area contributed by atoms with E-state index in [0.29, 0.717) is 17.0 Å². The van der Waals surface area contributed by atoms with Crippen molar-refractivity contribution in [1.82, 2.24) is 25.0 Å². The van der Waals surface area contributed by atoms with E-state index in [1.807, 2.05) is 18.2 Å². The predicted molar refractivity (Wildman–Crippen MR) is 92.3 cm³/mol. The molecular weight excluding hydrogens is 336 g/mol. The fraction of sp³-hybridized carbons (Fsp3) is 0. The standard InChI is InChI=1S/C17H12N6O3/c24-15(18-17-19-21-22-20-17)12-10-14(26-11-6-2-1-3-7-11)13-8-4-5-9-23(13)16(12)25/h1-10H,(H2,18,19,20,21,22,24). The topological polar surface area (TPSA) is 114 Å². The van der Waals surface area contributed by atoms with Gasteiger partial charge in [0.2, 0.25) is 5.95 Å². The van der Waals surface area contributed by atoms with Gasteiger partial charge in [0.1, 0.15) is 11.3 Å². The van der Waals surface area contributed by atoms with E-state index in [9.17, 15) is 9.59 Å². The second kappa shape index (κ2) is 6.48. The minimum Gasteiger partial charge on any atom is -0.455 e. The molecule has 0 atom stereocenters. The maximum atomic E-state index is 12.7. The number of aromatic nitrogens is 5. The maximum Gasteiger partial charge on any atom is 0.268 e. The number of rotatable bonds is 4. The van der Waals surface area contributed by atoms with Crippen LogP contribution in [0.25, 0.3) is 5.52 Å². The molecule has 2 N–H and O–H groups in total. The zero-order valence-corrected chi connectivity index (χ0v) is 13.3. The van der Waals surface area contributed by atoms with E-state index in [-0.39, 0.29) is 11.5 Å². The first-order chi connectivity index (χ1) is 12.7. The Morgan fingerprint density at radius 2 is 1.92 bits per heavy atom. The third-order valence-electron chi connectivity index (χ3n) is 3.63. The summed E-state index contributed by atoms with van der Waals surface area (Å²) in [6.45, 7) is 0. The van der Waals surface area contributed by atoms with Crippen LogP contribution in [0.4, 0.5) is 5.95 Å². The van der Waals surface area contributed by atoms with Crippen LogP contribution in [0.1, 0.15) is 10.4 Å². The van der Waals surface area contributed by atoms with Crippen molar-refractivity contribution in [3.05, 3.63) is 76.7 Å². The normalized spacial score (nSPS) is 10.6. The first-order valence-electron chi connectivity index (χ1n) is 7.65. The number of para-hydroxylation sites is 1. The average Bonchev–Trinajstić information content (AvgIpc) is 3.18. The maximum absolute atomic E-state index is 12.7. The highest BCUT2D eigenvalue weighted by atomic mass is 16.5. The van der Waals surface area contributed by atoms with Crippen LogP contribution < -0.4 is 15.6 Å². The zero-order valence-electron chi connectivity index (χ0n) is 13.3. The molecule has 9 heteroatoms. The Kier molecular flexibility index (Phi) is 3.86. The van der Waals surface area contributed by atoms with Crippen molar-refractivity contribution in [1.29, 1.82) is 0 Å². The van der Waals surface area contributed by atoms with Gasteiger partial charge in [-0.1, -0.05) is 29.4 Å². The fourth-order valence-electron chi connectivity index (χ4n) is 2.46. The van der Waals surface area contributed by atoms with Crippen molar-refractivity contribution in [2.75, 3.05) is 5.32 Å². The molecule has 3 aromatic heterocycles. The second-order valence-corrected chi connectivity index (χ2v) is 5.30. The number of amides is 1. The third kappa shape index (κ3) is 2.88. The van der Waals surface area contributed by atoms with Crippen LogP contribution >= 0.6 is 0 Å². The molecule has 1 aromatic carbocycles. The molecular formula is C17H12N6O3. The number of benzene rings is 1. The van der Waals surface area contributed by atoms with Crippen molar-refractivity contribution in [3.63, 3.8) is 0 Å². The molecule has 0 spiro atoms. The van der Waals surface area contributed by atoms with E-state index in [0.717, 1.165) is 0 Å². The summed E-state index contributed by atoms with van der Waals surface area (Å²) >= 11 is 0. The summed E-state index contributed by atoms with van der Waals surface area (Å²) in [5.74, 6) is 0.350. The number of ether oxygens (including phenoxy) is 1. The van der Waals surface area contributed by atoms with Crippen LogP contribution in [0.2, 0.25) is 0 Å². The van der Waals surface area contributed by atoms with Crippen molar-refractivity contribution in [2.45, 2.75) is 0 Å². The number of hydrogen-bond donors (Lipinski definition) is 2. The lowest BCUT2D eigenvalue weighted by molar-refractivity contribution is 0.102. The number of nitrogens with zero attached hydrogens (tertiary/aromatic N) is 4. The number of carbonyl (C=O) groups is 1. The lowest BCUT2D eigenvalue weighted by atomic mass is 10.2. The number of pyridine rings is 2. The number of hydrogen-bond acceptors (Lipinski definition) is 6. The van der Waals surface area contributed by atoms with Crippen LogP contribution in [0.3, 0.4) is 0 Å². The summed E-state index contributed by atoms with van der Waals surface area (Å²) in [5.41, 5.74) is -0.0405. The number of H-pyrrole nitrogens is 1. The molecule has 0 aliphatic heterocycles. The summed E-state index contributed by atoms with van der Waals surface area (Å²) in [6, 6.07) is 15.7. The average molecular weight is 348 g/mol. The lowest BCUT2D eigenvalue weighted by Gasteiger charge is -2.11. The van der Waals surface area contributed by atoms with Gasteiger partial charge in [0.15, 0.2) is 5.75 Å². The number of fused-ring (bicyclic) bond motifs is 1. The molecule has 4 rings (SSSR count). The summed E-state index contributed by atoms with van der Waals surface area (Å²) < 4.78 is 7.24. The van der Waals surface area contributed by atoms with Gasteiger partial charge >= 0.3 is 0 Å². The van der Waals surface area contributed by atoms with Crippen LogP contribution in [0.5, 0.6) is 11.5 Å². The van der Waals surface area contributed by atoms with Crippen LogP contribution in [0, 0.1) is 0 Å². The molecule has 0 aliphatic rings. The summed E-state index contributed by atoms with van der Waals surface area (Å²) in [7, 11) is 0. The van der Waals surface area contributed by atoms with Crippen LogP contribution in [-0.2, 0) is 0 Å². The molecule has 0 unspecified atom stereocenters. The molecule has 0 aliphatic carbocycles. The first kappa shape index (κ1) is 15.5. The Morgan fingerprint density at radius 3 is 2.69 bits per heavy atom. The number of nitrogens with one attached hydrogen (secondary N) is 2. The van der Waals surface area contributed by atoms with Crippen molar-refractivity contribution in [2.24, 2.45) is 0 Å². The SMILES string of the molecule is O=C(Nc1nnn[nH]1)c1cc(Oc2ccccc2)c2ccccn2c1=O. The highest BCUT2D eigenvalue weighted by molar-refractivity contribution is 6.03. The van der Waals surface area contributed by atoms with Gasteiger partial charge in [-0.15, -0.1) is 0 Å². The minimum atomic E-state index is -0.648. The van der Waals surface area contributed by atoms with Gasteiger partial charge in [-0.2, -0.15) is 0 Å². The van der Waals surface area contributed by atoms with Crippen LogP contribution in [-0.4, -0.2) is 30.9 Å². The van der Waals surface area contributed by atoms with Gasteiger partial charge in [-0.25, -0.2) is 5.10 Å². The molecule has 0 radical (unpaired) electrons. The molecule has 128 valence electrons. The Morgan fingerprint density at radius 1 is 1.12 bits per heavy atom. The molecule has 1 amide bonds. The molecule has 3 heterocycles. The number of anilines is 1. The number of carbonyl (C=O) groups excluding carboxylic acids is 1. The second-order valence-electron chi connectivity index (χ2n) is 5.30. The summed E-state index contributed by atoms with van der Waals surface area (Å²) in [4.78, 5) is 25.2. The quantitative estimate of drug-likeness (QED) is 0.582. The summed E-state index contributed by atoms with van der Waals surface area (Å²) in [6.07, 6.45) is 1.57. The first-order valence-corrected chi connectivity index (χ1v) is 7.65. The Hall–Kier alpha value is -4.01. The van der Waals surface area contributed by atoms with Crippen molar-refractivity contribution in [3.8, 4) is 11.5 Å². The van der Waals surface area contributed by atoms with E-state index in [1.165, 1.54) is 10.5 Å². The molecule has 9 nitrogen and oxygen atoms in total. The Balaban J connectivity index is 1.81. The molecule has 26 heavy (non-hydrogen) atoms. The van der Waals surface area contributed by atoms with Gasteiger partial charge in [0.05, 0.1) is 5.52 Å². The van der Waals surface area contributed by atoms with Crippen molar-refractivity contribution >= 4 is 17.4 Å². The van der Waals surface area contributed by atoms with Crippen molar-refractivity contribution < 1.29 is 9.53 Å². The molecule has 0 fully saturated rings. The monoisotopic (exact) mass is 348 g/mol. The van der Waals surface area contributed by atoms with Gasteiger partial charge in [0.25, 0.3) is 11.5 Å². The smallest absolute Gasteiger partial charge is 0.268 e. The van der Waals surface area contributed by atoms with E-state index >= 15 is 0 Å². The lowest BCUT2D eigenvalue weighted by Crippen LogP contribution is -2.26. The molecule has 0 bridgehead atoms. The van der Waals surface area contributed by atoms with Gasteiger partial charge in [-0.05, 0) is 34.7 Å². The molecule has 0 saturated carbocycles. The molecule has 4 aromatic rings. The summed E-state index contributed by atoms with van der Waals surface area (Å²) in [5, 5.41) is 15.2.